The number of benzene rings is 2. The van der Waals surface area contributed by atoms with E-state index in [4.69, 9.17) is 4.74 Å². The second kappa shape index (κ2) is 7.38. The van der Waals surface area contributed by atoms with Crippen molar-refractivity contribution in [2.75, 3.05) is 11.9 Å². The van der Waals surface area contributed by atoms with Crippen LogP contribution in [0.15, 0.2) is 42.5 Å². The molecule has 0 aliphatic rings. The predicted molar refractivity (Wildman–Crippen MR) is 100 cm³/mol. The molecule has 1 N–H and O–H groups in total. The van der Waals surface area contributed by atoms with Gasteiger partial charge < -0.3 is 9.30 Å². The molecule has 25 heavy (non-hydrogen) atoms. The average molecular weight is 337 g/mol. The number of aromatic nitrogens is 2. The maximum absolute atomic E-state index is 12.3. The lowest BCUT2D eigenvalue weighted by Gasteiger charge is -2.10. The Bertz CT molecular complexity index is 899. The van der Waals surface area contributed by atoms with Crippen molar-refractivity contribution in [3.63, 3.8) is 0 Å². The fourth-order valence-electron chi connectivity index (χ4n) is 2.73. The summed E-state index contributed by atoms with van der Waals surface area (Å²) in [6, 6.07) is 13.7. The number of imidazole rings is 1. The number of anilines is 1. The van der Waals surface area contributed by atoms with Crippen molar-refractivity contribution in [1.82, 2.24) is 9.55 Å². The highest BCUT2D eigenvalue weighted by atomic mass is 16.5. The Morgan fingerprint density at radius 2 is 1.96 bits per heavy atom. The van der Waals surface area contributed by atoms with Gasteiger partial charge in [-0.25, -0.2) is 4.98 Å². The molecule has 2 aromatic carbocycles. The summed E-state index contributed by atoms with van der Waals surface area (Å²) >= 11 is 0. The van der Waals surface area contributed by atoms with Gasteiger partial charge in [-0.05, 0) is 55.7 Å². The minimum absolute atomic E-state index is 0.0438. The molecule has 0 radical (unpaired) electrons. The van der Waals surface area contributed by atoms with Crippen molar-refractivity contribution >= 4 is 22.9 Å². The summed E-state index contributed by atoms with van der Waals surface area (Å²) in [6.45, 7) is 6.93. The van der Waals surface area contributed by atoms with Crippen molar-refractivity contribution in [3.05, 3.63) is 53.6 Å². The van der Waals surface area contributed by atoms with Crippen LogP contribution in [0.25, 0.3) is 11.0 Å². The quantitative estimate of drug-likeness (QED) is 0.737. The van der Waals surface area contributed by atoms with Crippen molar-refractivity contribution in [2.24, 2.45) is 0 Å². The van der Waals surface area contributed by atoms with Crippen LogP contribution in [0.4, 0.5) is 5.95 Å². The number of hydrogen-bond acceptors (Lipinski definition) is 3. The van der Waals surface area contributed by atoms with Crippen molar-refractivity contribution < 1.29 is 9.53 Å². The van der Waals surface area contributed by atoms with Crippen LogP contribution < -0.4 is 10.1 Å². The number of carbonyl (C=O) groups excluding carboxylic acids is 1. The molecule has 0 bridgehead atoms. The molecule has 0 aliphatic carbocycles. The van der Waals surface area contributed by atoms with Crippen LogP contribution in [0.5, 0.6) is 5.75 Å². The first kappa shape index (κ1) is 17.0. The van der Waals surface area contributed by atoms with Crippen LogP contribution in [0.2, 0.25) is 0 Å². The first-order valence-electron chi connectivity index (χ1n) is 8.53. The summed E-state index contributed by atoms with van der Waals surface area (Å²) in [6.07, 6.45) is 0.961. The van der Waals surface area contributed by atoms with Gasteiger partial charge in [0.15, 0.2) is 6.61 Å². The van der Waals surface area contributed by atoms with E-state index in [9.17, 15) is 4.79 Å². The molecule has 0 saturated carbocycles. The van der Waals surface area contributed by atoms with Gasteiger partial charge in [0.1, 0.15) is 5.75 Å². The van der Waals surface area contributed by atoms with Gasteiger partial charge in [-0.3, -0.25) is 10.1 Å². The van der Waals surface area contributed by atoms with Crippen molar-refractivity contribution in [2.45, 2.75) is 33.7 Å². The topological polar surface area (TPSA) is 56.2 Å². The minimum atomic E-state index is -0.217. The number of amides is 1. The zero-order valence-corrected chi connectivity index (χ0v) is 14.9. The molecule has 1 aromatic heterocycles. The van der Waals surface area contributed by atoms with E-state index in [-0.39, 0.29) is 12.5 Å². The monoisotopic (exact) mass is 337 g/mol. The number of hydrogen-bond donors (Lipinski definition) is 1. The number of para-hydroxylation sites is 2. The van der Waals surface area contributed by atoms with Crippen LogP contribution in [0.1, 0.15) is 24.5 Å². The molecule has 1 heterocycles. The Morgan fingerprint density at radius 1 is 1.16 bits per heavy atom. The highest BCUT2D eigenvalue weighted by Gasteiger charge is 2.13. The Balaban J connectivity index is 1.71. The number of nitrogens with one attached hydrogen (secondary N) is 1. The van der Waals surface area contributed by atoms with E-state index < -0.39 is 0 Å². The number of aryl methyl sites for hydroxylation is 3. The van der Waals surface area contributed by atoms with Gasteiger partial charge in [0.2, 0.25) is 5.95 Å². The van der Waals surface area contributed by atoms with Crippen LogP contribution in [-0.4, -0.2) is 22.1 Å². The van der Waals surface area contributed by atoms with Gasteiger partial charge in [0.05, 0.1) is 11.0 Å². The molecule has 0 aliphatic heterocycles. The number of rotatable bonds is 6. The molecule has 5 nitrogen and oxygen atoms in total. The van der Waals surface area contributed by atoms with E-state index in [1.54, 1.807) is 0 Å². The van der Waals surface area contributed by atoms with E-state index >= 15 is 0 Å². The molecule has 0 spiro atoms. The smallest absolute Gasteiger partial charge is 0.264 e. The molecule has 1 amide bonds. The van der Waals surface area contributed by atoms with E-state index in [0.29, 0.717) is 11.7 Å². The van der Waals surface area contributed by atoms with Gasteiger partial charge in [0.25, 0.3) is 5.91 Å². The summed E-state index contributed by atoms with van der Waals surface area (Å²) in [5, 5.41) is 2.87. The van der Waals surface area contributed by atoms with Crippen LogP contribution in [0, 0.1) is 13.8 Å². The van der Waals surface area contributed by atoms with E-state index in [0.717, 1.165) is 29.6 Å². The third-order valence-electron chi connectivity index (χ3n) is 4.20. The van der Waals surface area contributed by atoms with Gasteiger partial charge in [-0.1, -0.05) is 25.1 Å². The molecule has 0 unspecified atom stereocenters. The molecule has 3 aromatic rings. The third kappa shape index (κ3) is 3.82. The summed E-state index contributed by atoms with van der Waals surface area (Å²) in [4.78, 5) is 16.8. The molecular weight excluding hydrogens is 314 g/mol. The highest BCUT2D eigenvalue weighted by molar-refractivity contribution is 5.92. The second-order valence-corrected chi connectivity index (χ2v) is 6.16. The van der Waals surface area contributed by atoms with E-state index in [1.807, 2.05) is 60.9 Å². The van der Waals surface area contributed by atoms with Crippen LogP contribution >= 0.6 is 0 Å². The van der Waals surface area contributed by atoms with Crippen molar-refractivity contribution in [1.29, 1.82) is 0 Å². The molecule has 0 fully saturated rings. The molecule has 0 atom stereocenters. The lowest BCUT2D eigenvalue weighted by atomic mass is 10.1. The Kier molecular flexibility index (Phi) is 5.03. The Labute approximate surface area is 147 Å². The molecule has 5 heteroatoms. The van der Waals surface area contributed by atoms with Crippen molar-refractivity contribution in [3.8, 4) is 5.75 Å². The predicted octanol–water partition coefficient (Wildman–Crippen LogP) is 4.08. The lowest BCUT2D eigenvalue weighted by molar-refractivity contribution is -0.118. The lowest BCUT2D eigenvalue weighted by Crippen LogP contribution is -2.22. The van der Waals surface area contributed by atoms with Gasteiger partial charge in [-0.2, -0.15) is 0 Å². The SMILES string of the molecule is CCCn1c(NC(=O)COc2ccc(C)c(C)c2)nc2ccccc21. The number of fused-ring (bicyclic) bond motifs is 1. The number of carbonyl (C=O) groups is 1. The average Bonchev–Trinajstić information content (AvgIpc) is 2.94. The summed E-state index contributed by atoms with van der Waals surface area (Å²) in [5.41, 5.74) is 4.24. The van der Waals surface area contributed by atoms with Gasteiger partial charge in [-0.15, -0.1) is 0 Å². The molecule has 3 rings (SSSR count). The van der Waals surface area contributed by atoms with E-state index in [2.05, 4.69) is 17.2 Å². The molecule has 130 valence electrons. The Hall–Kier alpha value is -2.82. The second-order valence-electron chi connectivity index (χ2n) is 6.16. The summed E-state index contributed by atoms with van der Waals surface area (Å²) in [7, 11) is 0. The molecule has 0 saturated heterocycles. The van der Waals surface area contributed by atoms with E-state index in [1.165, 1.54) is 5.56 Å². The van der Waals surface area contributed by atoms with Gasteiger partial charge >= 0.3 is 0 Å². The summed E-state index contributed by atoms with van der Waals surface area (Å²) < 4.78 is 7.63. The Morgan fingerprint density at radius 3 is 2.72 bits per heavy atom. The molecular formula is C20H23N3O2. The largest absolute Gasteiger partial charge is 0.484 e. The zero-order valence-electron chi connectivity index (χ0n) is 14.9. The van der Waals surface area contributed by atoms with Gasteiger partial charge in [0, 0.05) is 6.54 Å². The standard InChI is InChI=1S/C20H23N3O2/c1-4-11-23-18-8-6-5-7-17(18)21-20(23)22-19(24)13-25-16-10-9-14(2)15(3)12-16/h5-10,12H,4,11,13H2,1-3H3,(H,21,22,24). The number of nitrogens with zero attached hydrogens (tertiary/aromatic N) is 2. The zero-order chi connectivity index (χ0) is 17.8. The fourth-order valence-corrected chi connectivity index (χ4v) is 2.73. The normalized spacial score (nSPS) is 10.8. The third-order valence-corrected chi connectivity index (χ3v) is 4.20. The maximum atomic E-state index is 12.3. The maximum Gasteiger partial charge on any atom is 0.264 e. The van der Waals surface area contributed by atoms with Crippen LogP contribution in [-0.2, 0) is 11.3 Å². The fraction of sp³-hybridized carbons (Fsp3) is 0.300. The minimum Gasteiger partial charge on any atom is -0.484 e. The van der Waals surface area contributed by atoms with Crippen LogP contribution in [0.3, 0.4) is 0 Å². The number of ether oxygens (including phenoxy) is 1. The first-order valence-corrected chi connectivity index (χ1v) is 8.53. The summed E-state index contributed by atoms with van der Waals surface area (Å²) in [5.74, 6) is 1.04. The highest BCUT2D eigenvalue weighted by Crippen LogP contribution is 2.20. The first-order chi connectivity index (χ1) is 12.1.